The number of carbonyl (C=O) groups is 1. The molecule has 1 unspecified atom stereocenters. The van der Waals surface area contributed by atoms with Crippen LogP contribution >= 0.6 is 11.8 Å². The van der Waals surface area contributed by atoms with Gasteiger partial charge in [0.25, 0.3) is 0 Å². The standard InChI is InChI=1S/C20H23NO2S/c1-21(20(22)11-12-24-19-9-3-2-4-10-19)14-18-13-16-7-5-6-8-17(16)15-23-18/h2-10,18H,11-15H2,1H3. The number of likely N-dealkylation sites (N-methyl/N-ethyl adjacent to an activating group) is 1. The first-order valence-electron chi connectivity index (χ1n) is 8.32. The van der Waals surface area contributed by atoms with Gasteiger partial charge in [-0.05, 0) is 23.3 Å². The van der Waals surface area contributed by atoms with Gasteiger partial charge in [-0.3, -0.25) is 4.79 Å². The lowest BCUT2D eigenvalue weighted by atomic mass is 9.99. The van der Waals surface area contributed by atoms with Crippen molar-refractivity contribution in [3.05, 3.63) is 65.7 Å². The molecule has 1 aliphatic rings. The van der Waals surface area contributed by atoms with Gasteiger partial charge in [0.05, 0.1) is 12.7 Å². The first kappa shape index (κ1) is 17.1. The summed E-state index contributed by atoms with van der Waals surface area (Å²) in [7, 11) is 1.87. The summed E-state index contributed by atoms with van der Waals surface area (Å²) in [5, 5.41) is 0. The molecule has 24 heavy (non-hydrogen) atoms. The van der Waals surface area contributed by atoms with E-state index in [0.717, 1.165) is 12.2 Å². The van der Waals surface area contributed by atoms with E-state index in [1.54, 1.807) is 11.8 Å². The van der Waals surface area contributed by atoms with Gasteiger partial charge in [0.1, 0.15) is 0 Å². The summed E-state index contributed by atoms with van der Waals surface area (Å²) in [4.78, 5) is 15.3. The summed E-state index contributed by atoms with van der Waals surface area (Å²) in [6, 6.07) is 18.6. The largest absolute Gasteiger partial charge is 0.371 e. The molecule has 3 nitrogen and oxygen atoms in total. The molecule has 4 heteroatoms. The van der Waals surface area contributed by atoms with E-state index >= 15 is 0 Å². The second-order valence-electron chi connectivity index (χ2n) is 6.09. The van der Waals surface area contributed by atoms with Crippen molar-refractivity contribution in [1.82, 2.24) is 4.90 Å². The Labute approximate surface area is 148 Å². The van der Waals surface area contributed by atoms with Crippen molar-refractivity contribution >= 4 is 17.7 Å². The average Bonchev–Trinajstić information content (AvgIpc) is 2.62. The van der Waals surface area contributed by atoms with Gasteiger partial charge in [-0.25, -0.2) is 0 Å². The minimum atomic E-state index is 0.0932. The molecule has 0 aromatic heterocycles. The number of rotatable bonds is 6. The van der Waals surface area contributed by atoms with Crippen LogP contribution in [0.2, 0.25) is 0 Å². The number of amides is 1. The molecular formula is C20H23NO2S. The van der Waals surface area contributed by atoms with E-state index in [9.17, 15) is 4.79 Å². The minimum Gasteiger partial charge on any atom is -0.371 e. The Morgan fingerprint density at radius 2 is 1.83 bits per heavy atom. The first-order valence-corrected chi connectivity index (χ1v) is 9.31. The monoisotopic (exact) mass is 341 g/mol. The lowest BCUT2D eigenvalue weighted by Crippen LogP contribution is -2.38. The summed E-state index contributed by atoms with van der Waals surface area (Å²) in [5.41, 5.74) is 2.61. The summed E-state index contributed by atoms with van der Waals surface area (Å²) in [5.74, 6) is 0.988. The Balaban J connectivity index is 1.43. The molecule has 2 aromatic rings. The molecule has 0 radical (unpaired) electrons. The van der Waals surface area contributed by atoms with Crippen molar-refractivity contribution in [2.24, 2.45) is 0 Å². The maximum atomic E-state index is 12.3. The normalized spacial score (nSPS) is 16.5. The molecule has 126 valence electrons. The van der Waals surface area contributed by atoms with Gasteiger partial charge in [-0.1, -0.05) is 42.5 Å². The summed E-state index contributed by atoms with van der Waals surface area (Å²) in [6.07, 6.45) is 1.53. The van der Waals surface area contributed by atoms with E-state index in [-0.39, 0.29) is 12.0 Å². The highest BCUT2D eigenvalue weighted by atomic mass is 32.2. The fraction of sp³-hybridized carbons (Fsp3) is 0.350. The fourth-order valence-corrected chi connectivity index (χ4v) is 3.76. The zero-order valence-electron chi connectivity index (χ0n) is 14.0. The molecule has 1 atom stereocenters. The number of ether oxygens (including phenoxy) is 1. The zero-order chi connectivity index (χ0) is 16.8. The predicted octanol–water partition coefficient (Wildman–Crippen LogP) is 3.77. The molecule has 1 heterocycles. The molecule has 3 rings (SSSR count). The van der Waals surface area contributed by atoms with Crippen molar-refractivity contribution in [3.8, 4) is 0 Å². The number of carbonyl (C=O) groups excluding carboxylic acids is 1. The van der Waals surface area contributed by atoms with E-state index in [0.29, 0.717) is 19.6 Å². The average molecular weight is 341 g/mol. The third-order valence-corrected chi connectivity index (χ3v) is 5.29. The van der Waals surface area contributed by atoms with Crippen LogP contribution in [0.15, 0.2) is 59.5 Å². The highest BCUT2D eigenvalue weighted by Crippen LogP contribution is 2.21. The van der Waals surface area contributed by atoms with Crippen molar-refractivity contribution < 1.29 is 9.53 Å². The number of fused-ring (bicyclic) bond motifs is 1. The van der Waals surface area contributed by atoms with Crippen molar-refractivity contribution in [2.45, 2.75) is 30.4 Å². The summed E-state index contributed by atoms with van der Waals surface area (Å²) < 4.78 is 5.90. The predicted molar refractivity (Wildman–Crippen MR) is 98.1 cm³/mol. The second kappa shape index (κ2) is 8.36. The van der Waals surface area contributed by atoms with E-state index in [1.807, 2.05) is 36.2 Å². The van der Waals surface area contributed by atoms with Gasteiger partial charge < -0.3 is 9.64 Å². The lowest BCUT2D eigenvalue weighted by Gasteiger charge is -2.29. The Bertz CT molecular complexity index is 674. The molecule has 0 fully saturated rings. The van der Waals surface area contributed by atoms with E-state index in [4.69, 9.17) is 4.74 Å². The Hall–Kier alpha value is -1.78. The van der Waals surface area contributed by atoms with Crippen LogP contribution in [0.4, 0.5) is 0 Å². The van der Waals surface area contributed by atoms with Crippen LogP contribution in [0.5, 0.6) is 0 Å². The van der Waals surface area contributed by atoms with E-state index in [2.05, 4.69) is 30.3 Å². The molecule has 0 bridgehead atoms. The van der Waals surface area contributed by atoms with Crippen LogP contribution in [0, 0.1) is 0 Å². The van der Waals surface area contributed by atoms with Crippen LogP contribution in [0.25, 0.3) is 0 Å². The first-order chi connectivity index (χ1) is 11.7. The number of nitrogens with zero attached hydrogens (tertiary/aromatic N) is 1. The molecule has 0 aliphatic carbocycles. The molecule has 0 saturated carbocycles. The number of hydrogen-bond donors (Lipinski definition) is 0. The minimum absolute atomic E-state index is 0.0932. The van der Waals surface area contributed by atoms with Gasteiger partial charge in [0, 0.05) is 37.1 Å². The van der Waals surface area contributed by atoms with Crippen molar-refractivity contribution in [2.75, 3.05) is 19.3 Å². The third kappa shape index (κ3) is 4.62. The van der Waals surface area contributed by atoms with Crippen LogP contribution in [0.1, 0.15) is 17.5 Å². The Morgan fingerprint density at radius 1 is 1.12 bits per heavy atom. The highest BCUT2D eigenvalue weighted by Gasteiger charge is 2.21. The van der Waals surface area contributed by atoms with Crippen LogP contribution in [0.3, 0.4) is 0 Å². The van der Waals surface area contributed by atoms with Gasteiger partial charge in [-0.2, -0.15) is 0 Å². The smallest absolute Gasteiger partial charge is 0.223 e. The van der Waals surface area contributed by atoms with E-state index in [1.165, 1.54) is 16.0 Å². The Morgan fingerprint density at radius 3 is 2.62 bits per heavy atom. The summed E-state index contributed by atoms with van der Waals surface area (Å²) >= 11 is 1.72. The molecule has 2 aromatic carbocycles. The zero-order valence-corrected chi connectivity index (χ0v) is 14.8. The molecule has 0 saturated heterocycles. The summed E-state index contributed by atoms with van der Waals surface area (Å²) in [6.45, 7) is 1.30. The van der Waals surface area contributed by atoms with Crippen LogP contribution < -0.4 is 0 Å². The Kier molecular flexibility index (Phi) is 5.94. The van der Waals surface area contributed by atoms with Gasteiger partial charge in [0.15, 0.2) is 0 Å². The molecular weight excluding hydrogens is 318 g/mol. The lowest BCUT2D eigenvalue weighted by molar-refractivity contribution is -0.131. The number of hydrogen-bond acceptors (Lipinski definition) is 3. The molecule has 0 N–H and O–H groups in total. The maximum Gasteiger partial charge on any atom is 0.223 e. The topological polar surface area (TPSA) is 29.5 Å². The number of thioether (sulfide) groups is 1. The quantitative estimate of drug-likeness (QED) is 0.749. The molecule has 0 spiro atoms. The third-order valence-electron chi connectivity index (χ3n) is 4.27. The van der Waals surface area contributed by atoms with Gasteiger partial charge in [0.2, 0.25) is 5.91 Å². The maximum absolute atomic E-state index is 12.3. The second-order valence-corrected chi connectivity index (χ2v) is 7.26. The fourth-order valence-electron chi connectivity index (χ4n) is 2.90. The van der Waals surface area contributed by atoms with Crippen LogP contribution in [-0.2, 0) is 22.6 Å². The van der Waals surface area contributed by atoms with Gasteiger partial charge >= 0.3 is 0 Å². The SMILES string of the molecule is CN(CC1Cc2ccccc2CO1)C(=O)CCSc1ccccc1. The van der Waals surface area contributed by atoms with Gasteiger partial charge in [-0.15, -0.1) is 11.8 Å². The van der Waals surface area contributed by atoms with Crippen molar-refractivity contribution in [1.29, 1.82) is 0 Å². The number of benzene rings is 2. The highest BCUT2D eigenvalue weighted by molar-refractivity contribution is 7.99. The molecule has 1 aliphatic heterocycles. The van der Waals surface area contributed by atoms with Crippen LogP contribution in [-0.4, -0.2) is 36.3 Å². The van der Waals surface area contributed by atoms with E-state index < -0.39 is 0 Å². The van der Waals surface area contributed by atoms with Crippen molar-refractivity contribution in [3.63, 3.8) is 0 Å². The molecule has 1 amide bonds.